The molecule has 4 nitrogen and oxygen atoms in total. The van der Waals surface area contributed by atoms with Gasteiger partial charge in [-0.15, -0.1) is 0 Å². The number of hydrogen-bond donors (Lipinski definition) is 1. The molecule has 1 aromatic heterocycles. The summed E-state index contributed by atoms with van der Waals surface area (Å²) in [6.07, 6.45) is -0.102. The van der Waals surface area contributed by atoms with Crippen molar-refractivity contribution in [3.05, 3.63) is 18.0 Å². The molecule has 0 saturated carbocycles. The molecule has 1 atom stereocenters. The number of hydrogen-bond acceptors (Lipinski definition) is 4. The van der Waals surface area contributed by atoms with Gasteiger partial charge in [0, 0.05) is 32.0 Å². The summed E-state index contributed by atoms with van der Waals surface area (Å²) in [5, 5.41) is 2.46. The quantitative estimate of drug-likeness (QED) is 0.872. The third-order valence-electron chi connectivity index (χ3n) is 2.95. The number of rotatable bonds is 2. The molecule has 0 bridgehead atoms. The van der Waals surface area contributed by atoms with E-state index < -0.39 is 12.2 Å². The molecule has 7 heteroatoms. The average molecular weight is 260 g/mol. The summed E-state index contributed by atoms with van der Waals surface area (Å²) in [7, 11) is 0. The van der Waals surface area contributed by atoms with Crippen molar-refractivity contribution in [2.75, 3.05) is 24.5 Å². The Balaban J connectivity index is 2.08. The average Bonchev–Trinajstić information content (AvgIpc) is 2.38. The Morgan fingerprint density at radius 1 is 1.39 bits per heavy atom. The van der Waals surface area contributed by atoms with Gasteiger partial charge in [0.2, 0.25) is 5.95 Å². The Bertz CT molecular complexity index is 390. The van der Waals surface area contributed by atoms with E-state index in [-0.39, 0.29) is 13.1 Å². The van der Waals surface area contributed by atoms with Crippen LogP contribution in [-0.4, -0.2) is 41.8 Å². The number of aryl methyl sites for hydroxylation is 1. The molecule has 1 unspecified atom stereocenters. The number of nitrogens with one attached hydrogen (secondary N) is 1. The first kappa shape index (κ1) is 13.1. The largest absolute Gasteiger partial charge is 0.405 e. The molecule has 0 spiro atoms. The monoisotopic (exact) mass is 260 g/mol. The normalized spacial score (nSPS) is 21.1. The van der Waals surface area contributed by atoms with Gasteiger partial charge in [-0.1, -0.05) is 6.92 Å². The van der Waals surface area contributed by atoms with Crippen LogP contribution in [0.2, 0.25) is 0 Å². The first-order valence-electron chi connectivity index (χ1n) is 5.86. The van der Waals surface area contributed by atoms with Gasteiger partial charge in [0.25, 0.3) is 0 Å². The molecule has 0 aromatic carbocycles. The maximum Gasteiger partial charge on any atom is 0.405 e. The first-order chi connectivity index (χ1) is 8.50. The van der Waals surface area contributed by atoms with Gasteiger partial charge >= 0.3 is 6.18 Å². The van der Waals surface area contributed by atoms with Gasteiger partial charge in [-0.3, -0.25) is 0 Å². The zero-order chi connectivity index (χ0) is 13.2. The second-order valence-electron chi connectivity index (χ2n) is 4.24. The van der Waals surface area contributed by atoms with Gasteiger partial charge in [-0.25, -0.2) is 9.97 Å². The summed E-state index contributed by atoms with van der Waals surface area (Å²) in [6, 6.07) is -1.51. The molecule has 0 aliphatic carbocycles. The van der Waals surface area contributed by atoms with Crippen molar-refractivity contribution >= 4 is 5.95 Å². The van der Waals surface area contributed by atoms with Crippen molar-refractivity contribution in [2.24, 2.45) is 0 Å². The lowest BCUT2D eigenvalue weighted by atomic mass is 10.2. The third kappa shape index (κ3) is 2.90. The van der Waals surface area contributed by atoms with Crippen molar-refractivity contribution in [1.29, 1.82) is 0 Å². The molecule has 0 amide bonds. The van der Waals surface area contributed by atoms with Crippen molar-refractivity contribution in [3.8, 4) is 0 Å². The van der Waals surface area contributed by atoms with Crippen molar-refractivity contribution < 1.29 is 13.2 Å². The van der Waals surface area contributed by atoms with Gasteiger partial charge in [0.05, 0.1) is 0 Å². The number of anilines is 1. The van der Waals surface area contributed by atoms with Crippen LogP contribution in [0.1, 0.15) is 12.5 Å². The van der Waals surface area contributed by atoms with Crippen molar-refractivity contribution in [1.82, 2.24) is 15.3 Å². The molecule has 1 fully saturated rings. The van der Waals surface area contributed by atoms with E-state index in [0.29, 0.717) is 12.5 Å². The molecule has 2 heterocycles. The lowest BCUT2D eigenvalue weighted by Gasteiger charge is -2.34. The van der Waals surface area contributed by atoms with Crippen LogP contribution in [0.5, 0.6) is 0 Å². The fourth-order valence-electron chi connectivity index (χ4n) is 1.84. The highest BCUT2D eigenvalue weighted by atomic mass is 19.4. The maximum absolute atomic E-state index is 12.6. The molecule has 1 aliphatic heterocycles. The highest BCUT2D eigenvalue weighted by molar-refractivity contribution is 5.31. The smallest absolute Gasteiger partial charge is 0.338 e. The van der Waals surface area contributed by atoms with Gasteiger partial charge < -0.3 is 10.2 Å². The summed E-state index contributed by atoms with van der Waals surface area (Å²) < 4.78 is 37.9. The molecule has 100 valence electrons. The number of alkyl halides is 3. The Hall–Kier alpha value is -1.37. The standard InChI is InChI=1S/C11H15F3N4/c1-2-8-5-16-10(17-6-8)18-4-3-15-9(7-18)11(12,13)14/h5-6,9,15H,2-4,7H2,1H3. The first-order valence-corrected chi connectivity index (χ1v) is 5.86. The Morgan fingerprint density at radius 3 is 2.61 bits per heavy atom. The molecular formula is C11H15F3N4. The second kappa shape index (κ2) is 5.09. The fourth-order valence-corrected chi connectivity index (χ4v) is 1.84. The molecule has 2 rings (SSSR count). The van der Waals surface area contributed by atoms with E-state index in [1.54, 1.807) is 17.3 Å². The van der Waals surface area contributed by atoms with Crippen molar-refractivity contribution in [2.45, 2.75) is 25.6 Å². The molecule has 1 aliphatic rings. The lowest BCUT2D eigenvalue weighted by molar-refractivity contribution is -0.155. The van der Waals surface area contributed by atoms with Crippen LogP contribution in [0, 0.1) is 0 Å². The zero-order valence-electron chi connectivity index (χ0n) is 10.0. The Morgan fingerprint density at radius 2 is 2.06 bits per heavy atom. The van der Waals surface area contributed by atoms with Gasteiger partial charge in [-0.05, 0) is 12.0 Å². The second-order valence-corrected chi connectivity index (χ2v) is 4.24. The van der Waals surface area contributed by atoms with E-state index in [2.05, 4.69) is 15.3 Å². The predicted molar refractivity (Wildman–Crippen MR) is 61.5 cm³/mol. The van der Waals surface area contributed by atoms with Crippen molar-refractivity contribution in [3.63, 3.8) is 0 Å². The molecular weight excluding hydrogens is 245 g/mol. The van der Waals surface area contributed by atoms with E-state index in [0.717, 1.165) is 12.0 Å². The summed E-state index contributed by atoms with van der Waals surface area (Å²) in [5.41, 5.74) is 0.973. The Kier molecular flexibility index (Phi) is 3.70. The van der Waals surface area contributed by atoms with E-state index in [4.69, 9.17) is 0 Å². The van der Waals surface area contributed by atoms with Crippen LogP contribution in [-0.2, 0) is 6.42 Å². The summed E-state index contributed by atoms with van der Waals surface area (Å²) in [6.45, 7) is 2.60. The van der Waals surface area contributed by atoms with Crippen LogP contribution in [0.4, 0.5) is 19.1 Å². The lowest BCUT2D eigenvalue weighted by Crippen LogP contribution is -2.57. The van der Waals surface area contributed by atoms with E-state index in [1.807, 2.05) is 6.92 Å². The van der Waals surface area contributed by atoms with Crippen LogP contribution < -0.4 is 10.2 Å². The third-order valence-corrected chi connectivity index (χ3v) is 2.95. The van der Waals surface area contributed by atoms with E-state index >= 15 is 0 Å². The molecule has 0 radical (unpaired) electrons. The van der Waals surface area contributed by atoms with E-state index in [1.165, 1.54) is 0 Å². The molecule has 18 heavy (non-hydrogen) atoms. The topological polar surface area (TPSA) is 41.1 Å². The summed E-state index contributed by atoms with van der Waals surface area (Å²) in [4.78, 5) is 9.78. The SMILES string of the molecule is CCc1cnc(N2CCNC(C(F)(F)F)C2)nc1. The number of nitrogens with zero attached hydrogens (tertiary/aromatic N) is 3. The Labute approximate surface area is 103 Å². The number of piperazine rings is 1. The van der Waals surface area contributed by atoms with Gasteiger partial charge in [0.1, 0.15) is 6.04 Å². The highest BCUT2D eigenvalue weighted by Gasteiger charge is 2.42. The predicted octanol–water partition coefficient (Wildman–Crippen LogP) is 1.38. The van der Waals surface area contributed by atoms with Crippen LogP contribution in [0.25, 0.3) is 0 Å². The maximum atomic E-state index is 12.6. The van der Waals surface area contributed by atoms with Crippen LogP contribution in [0.15, 0.2) is 12.4 Å². The minimum atomic E-state index is -4.23. The molecule has 1 aromatic rings. The zero-order valence-corrected chi connectivity index (χ0v) is 10.0. The minimum Gasteiger partial charge on any atom is -0.338 e. The number of aromatic nitrogens is 2. The highest BCUT2D eigenvalue weighted by Crippen LogP contribution is 2.23. The van der Waals surface area contributed by atoms with Crippen LogP contribution in [0.3, 0.4) is 0 Å². The summed E-state index contributed by atoms with van der Waals surface area (Å²) in [5.74, 6) is 0.364. The van der Waals surface area contributed by atoms with Crippen LogP contribution >= 0.6 is 0 Å². The summed E-state index contributed by atoms with van der Waals surface area (Å²) >= 11 is 0. The number of halogens is 3. The van der Waals surface area contributed by atoms with E-state index in [9.17, 15) is 13.2 Å². The molecule has 1 saturated heterocycles. The fraction of sp³-hybridized carbons (Fsp3) is 0.636. The minimum absolute atomic E-state index is 0.144. The molecule has 1 N–H and O–H groups in total. The van der Waals surface area contributed by atoms with Gasteiger partial charge in [0.15, 0.2) is 0 Å². The van der Waals surface area contributed by atoms with Gasteiger partial charge in [-0.2, -0.15) is 13.2 Å².